The number of pyridine rings is 1. The van der Waals surface area contributed by atoms with Gasteiger partial charge in [-0.3, -0.25) is 4.79 Å². The van der Waals surface area contributed by atoms with Gasteiger partial charge >= 0.3 is 5.97 Å². The molecule has 6 nitrogen and oxygen atoms in total. The quantitative estimate of drug-likeness (QED) is 0.801. The molecule has 1 aliphatic rings. The van der Waals surface area contributed by atoms with Crippen LogP contribution in [0.5, 0.6) is 0 Å². The molecule has 0 aliphatic carbocycles. The summed E-state index contributed by atoms with van der Waals surface area (Å²) in [7, 11) is 0. The number of nitrogens with one attached hydrogen (secondary N) is 1. The Kier molecular flexibility index (Phi) is 6.58. The minimum atomic E-state index is -0.996. The van der Waals surface area contributed by atoms with Crippen molar-refractivity contribution in [2.24, 2.45) is 5.92 Å². The van der Waals surface area contributed by atoms with Gasteiger partial charge in [-0.15, -0.1) is 0 Å². The molecule has 0 bridgehead atoms. The predicted octanol–water partition coefficient (Wildman–Crippen LogP) is 2.69. The van der Waals surface area contributed by atoms with Crippen LogP contribution in [0.1, 0.15) is 56.3 Å². The van der Waals surface area contributed by atoms with Gasteiger partial charge in [-0.25, -0.2) is 9.78 Å². The third-order valence-electron chi connectivity index (χ3n) is 4.57. The molecule has 132 valence electrons. The molecular formula is C18H27N3O3. The van der Waals surface area contributed by atoms with Gasteiger partial charge in [-0.05, 0) is 37.3 Å². The van der Waals surface area contributed by atoms with E-state index >= 15 is 0 Å². The number of carboxylic acids is 1. The van der Waals surface area contributed by atoms with Crippen molar-refractivity contribution in [3.63, 3.8) is 0 Å². The largest absolute Gasteiger partial charge is 0.480 e. The molecule has 2 rings (SSSR count). The summed E-state index contributed by atoms with van der Waals surface area (Å²) < 4.78 is 0. The molecule has 0 spiro atoms. The van der Waals surface area contributed by atoms with Gasteiger partial charge < -0.3 is 15.3 Å². The summed E-state index contributed by atoms with van der Waals surface area (Å²) in [5, 5.41) is 11.8. The van der Waals surface area contributed by atoms with E-state index in [1.807, 2.05) is 13.0 Å². The van der Waals surface area contributed by atoms with Crippen molar-refractivity contribution in [1.82, 2.24) is 10.3 Å². The molecule has 0 unspecified atom stereocenters. The first kappa shape index (κ1) is 18.2. The Bertz CT molecular complexity index is 551. The number of unbranched alkanes of at least 4 members (excludes halogenated alkanes) is 1. The van der Waals surface area contributed by atoms with Crippen LogP contribution in [0, 0.1) is 5.92 Å². The number of amides is 1. The summed E-state index contributed by atoms with van der Waals surface area (Å²) in [4.78, 5) is 30.1. The molecule has 1 aromatic heterocycles. The number of rotatable bonds is 7. The Morgan fingerprint density at radius 2 is 2.08 bits per heavy atom. The summed E-state index contributed by atoms with van der Waals surface area (Å²) in [6.45, 7) is 6.22. The normalized spacial score (nSPS) is 16.7. The van der Waals surface area contributed by atoms with Crippen LogP contribution in [0.4, 0.5) is 5.82 Å². The lowest BCUT2D eigenvalue weighted by Crippen LogP contribution is -2.40. The van der Waals surface area contributed by atoms with E-state index in [4.69, 9.17) is 0 Å². The van der Waals surface area contributed by atoms with Gasteiger partial charge in [0.15, 0.2) is 0 Å². The highest BCUT2D eigenvalue weighted by molar-refractivity contribution is 5.96. The van der Waals surface area contributed by atoms with Gasteiger partial charge in [-0.2, -0.15) is 0 Å². The van der Waals surface area contributed by atoms with Crippen LogP contribution in [0.3, 0.4) is 0 Å². The number of hydrogen-bond acceptors (Lipinski definition) is 4. The maximum Gasteiger partial charge on any atom is 0.326 e. The molecule has 24 heavy (non-hydrogen) atoms. The van der Waals surface area contributed by atoms with Crippen molar-refractivity contribution in [1.29, 1.82) is 0 Å². The maximum absolute atomic E-state index is 12.2. The fraction of sp³-hybridized carbons (Fsp3) is 0.611. The lowest BCUT2D eigenvalue weighted by atomic mass is 9.99. The summed E-state index contributed by atoms with van der Waals surface area (Å²) in [5.74, 6) is 0.246. The third-order valence-corrected chi connectivity index (χ3v) is 4.57. The van der Waals surface area contributed by atoms with E-state index in [2.05, 4.69) is 22.1 Å². The van der Waals surface area contributed by atoms with E-state index in [-0.39, 0.29) is 5.91 Å². The van der Waals surface area contributed by atoms with Crippen LogP contribution in [-0.4, -0.2) is 41.1 Å². The zero-order chi connectivity index (χ0) is 17.5. The van der Waals surface area contributed by atoms with Gasteiger partial charge in [0.05, 0.1) is 5.56 Å². The average molecular weight is 333 g/mol. The van der Waals surface area contributed by atoms with Crippen molar-refractivity contribution < 1.29 is 14.7 Å². The SMILES string of the molecule is CCCC[C@H](NC(=O)c1ccc(N2CCC(C)CC2)nc1)C(=O)O. The second kappa shape index (κ2) is 8.66. The number of nitrogens with zero attached hydrogens (tertiary/aromatic N) is 2. The first-order valence-electron chi connectivity index (χ1n) is 8.76. The molecule has 1 fully saturated rings. The fourth-order valence-electron chi connectivity index (χ4n) is 2.85. The van der Waals surface area contributed by atoms with Gasteiger partial charge in [0.1, 0.15) is 11.9 Å². The van der Waals surface area contributed by atoms with E-state index in [9.17, 15) is 14.7 Å². The Labute approximate surface area is 143 Å². The van der Waals surface area contributed by atoms with Crippen LogP contribution in [0.15, 0.2) is 18.3 Å². The Morgan fingerprint density at radius 1 is 1.38 bits per heavy atom. The third kappa shape index (κ3) is 4.94. The minimum absolute atomic E-state index is 0.384. The summed E-state index contributed by atoms with van der Waals surface area (Å²) in [5.41, 5.74) is 0.395. The average Bonchev–Trinajstić information content (AvgIpc) is 2.59. The van der Waals surface area contributed by atoms with Gasteiger partial charge in [0, 0.05) is 19.3 Å². The predicted molar refractivity (Wildman–Crippen MR) is 93.3 cm³/mol. The van der Waals surface area contributed by atoms with Crippen molar-refractivity contribution in [2.75, 3.05) is 18.0 Å². The summed E-state index contributed by atoms with van der Waals surface area (Å²) in [6.07, 6.45) is 5.94. The second-order valence-electron chi connectivity index (χ2n) is 6.58. The number of carbonyl (C=O) groups excluding carboxylic acids is 1. The standard InChI is InChI=1S/C18H27N3O3/c1-3-4-5-15(18(23)24)20-17(22)14-6-7-16(19-12-14)21-10-8-13(2)9-11-21/h6-7,12-13,15H,3-5,8-11H2,1-2H3,(H,20,22)(H,23,24)/t15-/m0/s1. The molecule has 1 amide bonds. The lowest BCUT2D eigenvalue weighted by Gasteiger charge is -2.31. The smallest absolute Gasteiger partial charge is 0.326 e. The zero-order valence-electron chi connectivity index (χ0n) is 14.5. The molecule has 2 heterocycles. The first-order valence-corrected chi connectivity index (χ1v) is 8.76. The van der Waals surface area contributed by atoms with Gasteiger partial charge in [0.2, 0.25) is 0 Å². The topological polar surface area (TPSA) is 82.5 Å². The second-order valence-corrected chi connectivity index (χ2v) is 6.58. The molecule has 6 heteroatoms. The number of anilines is 1. The Balaban J connectivity index is 1.96. The molecule has 1 atom stereocenters. The van der Waals surface area contributed by atoms with Crippen molar-refractivity contribution in [3.8, 4) is 0 Å². The van der Waals surface area contributed by atoms with E-state index < -0.39 is 12.0 Å². The summed E-state index contributed by atoms with van der Waals surface area (Å²) >= 11 is 0. The number of aliphatic carboxylic acids is 1. The van der Waals surface area contributed by atoms with Gasteiger partial charge in [-0.1, -0.05) is 26.7 Å². The molecule has 0 saturated carbocycles. The first-order chi connectivity index (χ1) is 11.5. The van der Waals surface area contributed by atoms with Crippen LogP contribution in [0.2, 0.25) is 0 Å². The van der Waals surface area contributed by atoms with Crippen LogP contribution >= 0.6 is 0 Å². The maximum atomic E-state index is 12.2. The number of hydrogen-bond donors (Lipinski definition) is 2. The van der Waals surface area contributed by atoms with E-state index in [1.165, 1.54) is 6.20 Å². The van der Waals surface area contributed by atoms with E-state index in [0.717, 1.165) is 50.5 Å². The number of aromatic nitrogens is 1. The number of carboxylic acid groups (broad SMARTS) is 1. The Morgan fingerprint density at radius 3 is 2.62 bits per heavy atom. The minimum Gasteiger partial charge on any atom is -0.480 e. The highest BCUT2D eigenvalue weighted by Crippen LogP contribution is 2.21. The van der Waals surface area contributed by atoms with Crippen LogP contribution in [-0.2, 0) is 4.79 Å². The van der Waals surface area contributed by atoms with E-state index in [1.54, 1.807) is 6.07 Å². The number of piperidine rings is 1. The molecule has 0 radical (unpaired) electrons. The van der Waals surface area contributed by atoms with Crippen molar-refractivity contribution in [3.05, 3.63) is 23.9 Å². The number of carbonyl (C=O) groups is 2. The zero-order valence-corrected chi connectivity index (χ0v) is 14.5. The van der Waals surface area contributed by atoms with Gasteiger partial charge in [0.25, 0.3) is 5.91 Å². The lowest BCUT2D eigenvalue weighted by molar-refractivity contribution is -0.139. The monoisotopic (exact) mass is 333 g/mol. The highest BCUT2D eigenvalue weighted by atomic mass is 16.4. The molecule has 1 aliphatic heterocycles. The van der Waals surface area contributed by atoms with Crippen LogP contribution < -0.4 is 10.2 Å². The molecule has 1 saturated heterocycles. The van der Waals surface area contributed by atoms with E-state index in [0.29, 0.717) is 12.0 Å². The fourth-order valence-corrected chi connectivity index (χ4v) is 2.85. The van der Waals surface area contributed by atoms with Crippen molar-refractivity contribution in [2.45, 2.75) is 52.0 Å². The van der Waals surface area contributed by atoms with Crippen molar-refractivity contribution >= 4 is 17.7 Å². The molecule has 1 aromatic rings. The summed E-state index contributed by atoms with van der Waals surface area (Å²) in [6, 6.07) is 2.71. The highest BCUT2D eigenvalue weighted by Gasteiger charge is 2.21. The Hall–Kier alpha value is -2.11. The molecule has 0 aromatic carbocycles. The molecule has 2 N–H and O–H groups in total. The van der Waals surface area contributed by atoms with Crippen LogP contribution in [0.25, 0.3) is 0 Å². The molecular weight excluding hydrogens is 306 g/mol.